The molecule has 0 saturated carbocycles. The summed E-state index contributed by atoms with van der Waals surface area (Å²) in [6, 6.07) is 4.59. The van der Waals surface area contributed by atoms with Crippen LogP contribution in [-0.4, -0.2) is 23.2 Å². The minimum Gasteiger partial charge on any atom is -0.493 e. The molecule has 0 fully saturated rings. The normalized spacial score (nSPS) is 13.5. The van der Waals surface area contributed by atoms with Gasteiger partial charge in [0.25, 0.3) is 0 Å². The zero-order valence-electron chi connectivity index (χ0n) is 12.3. The monoisotopic (exact) mass is 319 g/mol. The van der Waals surface area contributed by atoms with Crippen molar-refractivity contribution in [3.05, 3.63) is 39.3 Å². The lowest BCUT2D eigenvalue weighted by Gasteiger charge is -2.10. The molecule has 22 heavy (non-hydrogen) atoms. The van der Waals surface area contributed by atoms with Crippen molar-refractivity contribution in [3.63, 3.8) is 0 Å². The fourth-order valence-electron chi connectivity index (χ4n) is 2.53. The van der Waals surface area contributed by atoms with Crippen LogP contribution in [0.4, 0.5) is 0 Å². The van der Waals surface area contributed by atoms with E-state index in [0.717, 1.165) is 17.8 Å². The predicted molar refractivity (Wildman–Crippen MR) is 83.0 cm³/mol. The van der Waals surface area contributed by atoms with Gasteiger partial charge in [-0.3, -0.25) is 0 Å². The zero-order chi connectivity index (χ0) is 15.5. The molecule has 0 saturated heterocycles. The maximum absolute atomic E-state index is 11.0. The summed E-state index contributed by atoms with van der Waals surface area (Å²) in [5.74, 6) is -0.0423. The Morgan fingerprint density at radius 1 is 1.32 bits per heavy atom. The van der Waals surface area contributed by atoms with Crippen molar-refractivity contribution in [1.82, 2.24) is 4.98 Å². The molecule has 2 aromatic rings. The van der Waals surface area contributed by atoms with E-state index < -0.39 is 5.97 Å². The smallest absolute Gasteiger partial charge is 0.335 e. The van der Waals surface area contributed by atoms with Gasteiger partial charge in [-0.15, -0.1) is 11.3 Å². The summed E-state index contributed by atoms with van der Waals surface area (Å²) in [6.07, 6.45) is 4.62. The lowest BCUT2D eigenvalue weighted by molar-refractivity contribution is 0.0696. The summed E-state index contributed by atoms with van der Waals surface area (Å²) in [6.45, 7) is 0.375. The average molecular weight is 319 g/mol. The number of hydrogen-bond acceptors (Lipinski definition) is 5. The first-order valence-electron chi connectivity index (χ1n) is 7.19. The van der Waals surface area contributed by atoms with Gasteiger partial charge in [0.2, 0.25) is 0 Å². The molecule has 3 rings (SSSR count). The first-order valence-corrected chi connectivity index (χ1v) is 8.00. The van der Waals surface area contributed by atoms with Crippen LogP contribution in [0.2, 0.25) is 0 Å². The van der Waals surface area contributed by atoms with Gasteiger partial charge in [0, 0.05) is 4.88 Å². The first-order chi connectivity index (χ1) is 10.7. The Morgan fingerprint density at radius 3 is 2.86 bits per heavy atom. The Hall–Kier alpha value is -2.08. The van der Waals surface area contributed by atoms with Crippen molar-refractivity contribution >= 4 is 17.3 Å². The lowest BCUT2D eigenvalue weighted by Crippen LogP contribution is -2.01. The van der Waals surface area contributed by atoms with Crippen LogP contribution in [0.15, 0.2) is 18.2 Å². The van der Waals surface area contributed by atoms with Crippen molar-refractivity contribution in [2.75, 3.05) is 7.11 Å². The number of aromatic carboxylic acids is 1. The fourth-order valence-corrected chi connectivity index (χ4v) is 3.60. The van der Waals surface area contributed by atoms with Gasteiger partial charge in [-0.2, -0.15) is 0 Å². The van der Waals surface area contributed by atoms with E-state index in [4.69, 9.17) is 14.6 Å². The second-order valence-corrected chi connectivity index (χ2v) is 6.31. The average Bonchev–Trinajstić information content (AvgIpc) is 2.95. The Labute approximate surface area is 132 Å². The summed E-state index contributed by atoms with van der Waals surface area (Å²) in [4.78, 5) is 17.0. The van der Waals surface area contributed by atoms with Crippen molar-refractivity contribution in [2.45, 2.75) is 32.3 Å². The minimum atomic E-state index is -0.988. The fraction of sp³-hybridized carbons (Fsp3) is 0.375. The van der Waals surface area contributed by atoms with Crippen molar-refractivity contribution in [3.8, 4) is 11.5 Å². The molecule has 0 unspecified atom stereocenters. The van der Waals surface area contributed by atoms with Gasteiger partial charge < -0.3 is 14.6 Å². The topological polar surface area (TPSA) is 68.7 Å². The van der Waals surface area contributed by atoms with E-state index in [1.165, 1.54) is 42.7 Å². The second-order valence-electron chi connectivity index (χ2n) is 5.14. The standard InChI is InChI=1S/C16H17NO4S/c1-20-13-8-10(16(18)19)6-7-12(13)21-9-15-17-11-4-2-3-5-14(11)22-15/h6-8H,2-5,9H2,1H3,(H,18,19). The number of thiazole rings is 1. The molecule has 0 bridgehead atoms. The van der Waals surface area contributed by atoms with Gasteiger partial charge in [0.1, 0.15) is 11.6 Å². The summed E-state index contributed by atoms with van der Waals surface area (Å²) < 4.78 is 11.0. The largest absolute Gasteiger partial charge is 0.493 e. The van der Waals surface area contributed by atoms with Crippen molar-refractivity contribution < 1.29 is 19.4 Å². The Bertz CT molecular complexity index is 672. The number of carbonyl (C=O) groups is 1. The zero-order valence-corrected chi connectivity index (χ0v) is 13.1. The van der Waals surface area contributed by atoms with Crippen LogP contribution >= 0.6 is 11.3 Å². The van der Waals surface area contributed by atoms with Crippen LogP contribution in [-0.2, 0) is 19.4 Å². The SMILES string of the molecule is COc1cc(C(=O)O)ccc1OCc1nc2c(s1)CCCC2. The van der Waals surface area contributed by atoms with Crippen molar-refractivity contribution in [1.29, 1.82) is 0 Å². The highest BCUT2D eigenvalue weighted by Crippen LogP contribution is 2.31. The molecule has 0 amide bonds. The molecule has 116 valence electrons. The van der Waals surface area contributed by atoms with Gasteiger partial charge >= 0.3 is 5.97 Å². The number of methoxy groups -OCH3 is 1. The number of carboxylic acids is 1. The number of fused-ring (bicyclic) bond motifs is 1. The summed E-state index contributed by atoms with van der Waals surface area (Å²) >= 11 is 1.71. The Kier molecular flexibility index (Phi) is 4.29. The second kappa shape index (κ2) is 6.36. The third kappa shape index (κ3) is 3.06. The number of nitrogens with zero attached hydrogens (tertiary/aromatic N) is 1. The van der Waals surface area contributed by atoms with Gasteiger partial charge in [0.15, 0.2) is 11.5 Å². The number of hydrogen-bond donors (Lipinski definition) is 1. The van der Waals surface area contributed by atoms with Crippen LogP contribution in [0.5, 0.6) is 11.5 Å². The molecule has 5 nitrogen and oxygen atoms in total. The molecule has 1 aliphatic carbocycles. The summed E-state index contributed by atoms with van der Waals surface area (Å²) in [5, 5.41) is 9.95. The number of carboxylic acid groups (broad SMARTS) is 1. The van der Waals surface area contributed by atoms with E-state index in [9.17, 15) is 4.79 Å². The number of ether oxygens (including phenoxy) is 2. The Morgan fingerprint density at radius 2 is 2.14 bits per heavy atom. The quantitative estimate of drug-likeness (QED) is 0.915. The number of aromatic nitrogens is 1. The molecule has 1 N–H and O–H groups in total. The summed E-state index contributed by atoms with van der Waals surface area (Å²) in [7, 11) is 1.50. The van der Waals surface area contributed by atoms with Gasteiger partial charge in [-0.25, -0.2) is 9.78 Å². The lowest BCUT2D eigenvalue weighted by atomic mass is 10.0. The molecule has 1 aliphatic rings. The molecule has 1 heterocycles. The molecule has 6 heteroatoms. The molecular weight excluding hydrogens is 302 g/mol. The molecule has 0 aliphatic heterocycles. The molecular formula is C16H17NO4S. The molecule has 0 spiro atoms. The highest BCUT2D eigenvalue weighted by atomic mass is 32.1. The third-order valence-corrected chi connectivity index (χ3v) is 4.78. The summed E-state index contributed by atoms with van der Waals surface area (Å²) in [5.41, 5.74) is 1.39. The third-order valence-electron chi connectivity index (χ3n) is 3.65. The first kappa shape index (κ1) is 14.8. The van der Waals surface area contributed by atoms with Crippen molar-refractivity contribution in [2.24, 2.45) is 0 Å². The molecule has 1 aromatic heterocycles. The van der Waals surface area contributed by atoms with E-state index in [0.29, 0.717) is 18.1 Å². The van der Waals surface area contributed by atoms with E-state index in [-0.39, 0.29) is 5.56 Å². The van der Waals surface area contributed by atoms with E-state index in [1.807, 2.05) is 0 Å². The molecule has 0 atom stereocenters. The number of benzene rings is 1. The predicted octanol–water partition coefficient (Wildman–Crippen LogP) is 3.31. The van der Waals surface area contributed by atoms with Crippen LogP contribution in [0.3, 0.4) is 0 Å². The number of rotatable bonds is 5. The maximum atomic E-state index is 11.0. The van der Waals surface area contributed by atoms with E-state index in [1.54, 1.807) is 17.4 Å². The highest BCUT2D eigenvalue weighted by Gasteiger charge is 2.16. The maximum Gasteiger partial charge on any atom is 0.335 e. The van der Waals surface area contributed by atoms with Crippen LogP contribution in [0.1, 0.15) is 38.8 Å². The minimum absolute atomic E-state index is 0.175. The molecule has 0 radical (unpaired) electrons. The van der Waals surface area contributed by atoms with Gasteiger partial charge in [0.05, 0.1) is 18.4 Å². The van der Waals surface area contributed by atoms with E-state index in [2.05, 4.69) is 4.98 Å². The van der Waals surface area contributed by atoms with Gasteiger partial charge in [-0.05, 0) is 43.9 Å². The van der Waals surface area contributed by atoms with E-state index >= 15 is 0 Å². The van der Waals surface area contributed by atoms with Crippen LogP contribution < -0.4 is 9.47 Å². The van der Waals surface area contributed by atoms with Crippen LogP contribution in [0, 0.1) is 0 Å². The number of aryl methyl sites for hydroxylation is 2. The van der Waals surface area contributed by atoms with Gasteiger partial charge in [-0.1, -0.05) is 0 Å². The highest BCUT2D eigenvalue weighted by molar-refractivity contribution is 7.11. The molecule has 1 aromatic carbocycles. The van der Waals surface area contributed by atoms with Crippen LogP contribution in [0.25, 0.3) is 0 Å². The Balaban J connectivity index is 1.73.